The number of amides is 1. The molecule has 4 rings (SSSR count). The summed E-state index contributed by atoms with van der Waals surface area (Å²) in [4.78, 5) is 15.0. The molecule has 25 heavy (non-hydrogen) atoms. The zero-order valence-electron chi connectivity index (χ0n) is 14.1. The number of rotatable bonds is 4. The molecule has 0 saturated carbocycles. The number of carbonyl (C=O) groups excluding carboxylic acids is 1. The predicted molar refractivity (Wildman–Crippen MR) is 93.5 cm³/mol. The van der Waals surface area contributed by atoms with Gasteiger partial charge in [0.05, 0.1) is 31.7 Å². The summed E-state index contributed by atoms with van der Waals surface area (Å²) in [7, 11) is 0. The highest BCUT2D eigenvalue weighted by Gasteiger charge is 2.35. The van der Waals surface area contributed by atoms with Gasteiger partial charge in [-0.15, -0.1) is 0 Å². The number of nitrogens with zero attached hydrogens (tertiary/aromatic N) is 1. The maximum atomic E-state index is 12.5. The minimum Gasteiger partial charge on any atom is -0.486 e. The molecular formula is C18H23ClN2O4. The Balaban J connectivity index is 1.40. The lowest BCUT2D eigenvalue weighted by Gasteiger charge is -2.28. The number of fused-ring (bicyclic) bond motifs is 1. The lowest BCUT2D eigenvalue weighted by atomic mass is 10.1. The summed E-state index contributed by atoms with van der Waals surface area (Å²) in [5.41, 5.74) is 0.750. The summed E-state index contributed by atoms with van der Waals surface area (Å²) in [5.74, 6) is 1.24. The summed E-state index contributed by atoms with van der Waals surface area (Å²) in [6.45, 7) is 4.47. The van der Waals surface area contributed by atoms with E-state index in [0.29, 0.717) is 42.9 Å². The molecule has 2 fully saturated rings. The Kier molecular flexibility index (Phi) is 5.01. The Bertz CT molecular complexity index is 648. The molecule has 136 valence electrons. The molecule has 1 aromatic carbocycles. The number of halogens is 1. The molecule has 0 unspecified atom stereocenters. The average Bonchev–Trinajstić information content (AvgIpc) is 3.26. The van der Waals surface area contributed by atoms with Gasteiger partial charge in [0.1, 0.15) is 13.2 Å². The molecule has 6 nitrogen and oxygen atoms in total. The molecule has 0 radical (unpaired) electrons. The zero-order chi connectivity index (χ0) is 17.2. The third kappa shape index (κ3) is 3.71. The summed E-state index contributed by atoms with van der Waals surface area (Å²) < 4.78 is 16.7. The number of ether oxygens (including phenoxy) is 3. The normalized spacial score (nSPS) is 26.0. The molecule has 3 aliphatic heterocycles. The van der Waals surface area contributed by atoms with E-state index in [-0.39, 0.29) is 24.4 Å². The van der Waals surface area contributed by atoms with E-state index in [0.717, 1.165) is 18.7 Å². The highest BCUT2D eigenvalue weighted by atomic mass is 35.5. The van der Waals surface area contributed by atoms with E-state index in [1.165, 1.54) is 12.8 Å². The van der Waals surface area contributed by atoms with E-state index in [2.05, 4.69) is 10.2 Å². The number of hydrogen-bond donors (Lipinski definition) is 1. The van der Waals surface area contributed by atoms with E-state index in [9.17, 15) is 4.79 Å². The molecule has 2 atom stereocenters. The number of carbonyl (C=O) groups is 1. The molecule has 1 amide bonds. The first kappa shape index (κ1) is 16.9. The largest absolute Gasteiger partial charge is 0.486 e. The molecule has 3 heterocycles. The van der Waals surface area contributed by atoms with Crippen LogP contribution in [0.5, 0.6) is 11.5 Å². The van der Waals surface area contributed by atoms with Crippen molar-refractivity contribution in [1.29, 1.82) is 0 Å². The molecule has 1 aromatic rings. The summed E-state index contributed by atoms with van der Waals surface area (Å²) in [6, 6.07) is 3.85. The predicted octanol–water partition coefficient (Wildman–Crippen LogP) is 1.63. The van der Waals surface area contributed by atoms with Gasteiger partial charge < -0.3 is 19.5 Å². The number of benzene rings is 1. The van der Waals surface area contributed by atoms with Crippen molar-refractivity contribution in [1.82, 2.24) is 10.2 Å². The van der Waals surface area contributed by atoms with Crippen molar-refractivity contribution in [3.63, 3.8) is 0 Å². The lowest BCUT2D eigenvalue weighted by Crippen LogP contribution is -2.50. The molecular weight excluding hydrogens is 344 g/mol. The van der Waals surface area contributed by atoms with Gasteiger partial charge >= 0.3 is 0 Å². The topological polar surface area (TPSA) is 60.0 Å². The summed E-state index contributed by atoms with van der Waals surface area (Å²) >= 11 is 6.31. The Hall–Kier alpha value is -1.50. The Morgan fingerprint density at radius 3 is 2.64 bits per heavy atom. The molecule has 7 heteroatoms. The van der Waals surface area contributed by atoms with Gasteiger partial charge in [-0.3, -0.25) is 9.69 Å². The number of nitrogens with one attached hydrogen (secondary N) is 1. The van der Waals surface area contributed by atoms with Gasteiger partial charge in [0.15, 0.2) is 11.5 Å². The molecule has 2 saturated heterocycles. The number of hydrogen-bond acceptors (Lipinski definition) is 5. The van der Waals surface area contributed by atoms with Gasteiger partial charge in [0.2, 0.25) is 5.91 Å². The summed E-state index contributed by atoms with van der Waals surface area (Å²) in [6.07, 6.45) is 2.67. The third-order valence-electron chi connectivity index (χ3n) is 5.07. The van der Waals surface area contributed by atoms with Crippen LogP contribution in [0.3, 0.4) is 0 Å². The second kappa shape index (κ2) is 7.40. The summed E-state index contributed by atoms with van der Waals surface area (Å²) in [5, 5.41) is 3.65. The van der Waals surface area contributed by atoms with Crippen LogP contribution in [0.15, 0.2) is 12.1 Å². The van der Waals surface area contributed by atoms with Crippen LogP contribution in [-0.4, -0.2) is 62.4 Å². The van der Waals surface area contributed by atoms with Crippen LogP contribution in [0.25, 0.3) is 0 Å². The minimum absolute atomic E-state index is 0.0431. The van der Waals surface area contributed by atoms with Crippen molar-refractivity contribution in [3.05, 3.63) is 22.7 Å². The van der Waals surface area contributed by atoms with Gasteiger partial charge in [0, 0.05) is 11.1 Å². The molecule has 0 bridgehead atoms. The molecule has 1 N–H and O–H groups in total. The average molecular weight is 367 g/mol. The third-order valence-corrected chi connectivity index (χ3v) is 5.42. The van der Waals surface area contributed by atoms with Crippen LogP contribution in [0, 0.1) is 0 Å². The minimum atomic E-state index is -0.0433. The fourth-order valence-electron chi connectivity index (χ4n) is 3.79. The first-order valence-electron chi connectivity index (χ1n) is 8.90. The van der Waals surface area contributed by atoms with Crippen LogP contribution in [0.2, 0.25) is 5.02 Å². The van der Waals surface area contributed by atoms with Crippen molar-refractivity contribution in [3.8, 4) is 11.5 Å². The van der Waals surface area contributed by atoms with Crippen LogP contribution in [0.4, 0.5) is 0 Å². The quantitative estimate of drug-likeness (QED) is 0.877. The van der Waals surface area contributed by atoms with Crippen molar-refractivity contribution >= 4 is 17.5 Å². The van der Waals surface area contributed by atoms with E-state index in [4.69, 9.17) is 25.8 Å². The molecule has 0 aliphatic carbocycles. The van der Waals surface area contributed by atoms with Crippen molar-refractivity contribution < 1.29 is 19.0 Å². The van der Waals surface area contributed by atoms with Crippen LogP contribution in [0.1, 0.15) is 18.4 Å². The second-order valence-corrected chi connectivity index (χ2v) is 7.19. The van der Waals surface area contributed by atoms with Gasteiger partial charge in [-0.2, -0.15) is 0 Å². The molecule has 0 aromatic heterocycles. The standard InChI is InChI=1S/C18H23ClN2O4/c19-13-9-17-16(24-5-6-25-17)7-12(13)8-18(22)20-14-10-23-11-15(14)21-3-1-2-4-21/h7,9,14-15H,1-6,8,10-11H2,(H,20,22)/t14-,15-/m1/s1. The SMILES string of the molecule is O=C(Cc1cc2c(cc1Cl)OCCO2)N[C@@H]1COC[C@H]1N1CCCC1. The van der Waals surface area contributed by atoms with Crippen molar-refractivity contribution in [2.75, 3.05) is 39.5 Å². The van der Waals surface area contributed by atoms with E-state index in [1.54, 1.807) is 12.1 Å². The van der Waals surface area contributed by atoms with Gasteiger partial charge in [-0.1, -0.05) is 11.6 Å². The maximum absolute atomic E-state index is 12.5. The lowest BCUT2D eigenvalue weighted by molar-refractivity contribution is -0.121. The molecule has 0 spiro atoms. The van der Waals surface area contributed by atoms with E-state index < -0.39 is 0 Å². The fourth-order valence-corrected chi connectivity index (χ4v) is 4.01. The van der Waals surface area contributed by atoms with Crippen LogP contribution >= 0.6 is 11.6 Å². The number of likely N-dealkylation sites (tertiary alicyclic amines) is 1. The van der Waals surface area contributed by atoms with Crippen LogP contribution in [-0.2, 0) is 16.0 Å². The second-order valence-electron chi connectivity index (χ2n) is 6.79. The first-order chi connectivity index (χ1) is 12.2. The Morgan fingerprint density at radius 1 is 1.16 bits per heavy atom. The van der Waals surface area contributed by atoms with Gasteiger partial charge in [-0.05, 0) is 37.6 Å². The highest BCUT2D eigenvalue weighted by Crippen LogP contribution is 2.35. The highest BCUT2D eigenvalue weighted by molar-refractivity contribution is 6.31. The van der Waals surface area contributed by atoms with Gasteiger partial charge in [0.25, 0.3) is 0 Å². The van der Waals surface area contributed by atoms with Crippen molar-refractivity contribution in [2.24, 2.45) is 0 Å². The van der Waals surface area contributed by atoms with E-state index >= 15 is 0 Å². The maximum Gasteiger partial charge on any atom is 0.224 e. The Morgan fingerprint density at radius 2 is 1.88 bits per heavy atom. The Labute approximate surface area is 152 Å². The smallest absolute Gasteiger partial charge is 0.224 e. The molecule has 3 aliphatic rings. The van der Waals surface area contributed by atoms with Crippen molar-refractivity contribution in [2.45, 2.75) is 31.3 Å². The fraction of sp³-hybridized carbons (Fsp3) is 0.611. The first-order valence-corrected chi connectivity index (χ1v) is 9.27. The monoisotopic (exact) mass is 366 g/mol. The zero-order valence-corrected chi connectivity index (χ0v) is 14.9. The van der Waals surface area contributed by atoms with Gasteiger partial charge in [-0.25, -0.2) is 0 Å². The van der Waals surface area contributed by atoms with E-state index in [1.807, 2.05) is 0 Å². The van der Waals surface area contributed by atoms with Crippen LogP contribution < -0.4 is 14.8 Å².